The van der Waals surface area contributed by atoms with Crippen molar-refractivity contribution in [1.82, 2.24) is 14.8 Å². The summed E-state index contributed by atoms with van der Waals surface area (Å²) in [5.41, 5.74) is 1.21. The summed E-state index contributed by atoms with van der Waals surface area (Å²) in [6, 6.07) is 11.1. The molecule has 3 rings (SSSR count). The van der Waals surface area contributed by atoms with Gasteiger partial charge in [0.15, 0.2) is 0 Å². The molecule has 0 aliphatic carbocycles. The Morgan fingerprint density at radius 1 is 1.20 bits per heavy atom. The number of nitrogens with one attached hydrogen (secondary N) is 2. The molecule has 2 heterocycles. The summed E-state index contributed by atoms with van der Waals surface area (Å²) in [5.74, 6) is 0.447. The lowest BCUT2D eigenvalue weighted by Crippen LogP contribution is -2.43. The highest BCUT2D eigenvalue weighted by Gasteiger charge is 2.21. The van der Waals surface area contributed by atoms with Crippen molar-refractivity contribution in [2.75, 3.05) is 49.9 Å². The molecule has 1 fully saturated rings. The zero-order valence-corrected chi connectivity index (χ0v) is 18.7. The van der Waals surface area contributed by atoms with Gasteiger partial charge in [0.25, 0.3) is 5.91 Å². The Bertz CT molecular complexity index is 819. The molecule has 7 heteroatoms. The van der Waals surface area contributed by atoms with E-state index in [1.165, 1.54) is 0 Å². The molecule has 2 aromatic rings. The molecular weight excluding hydrogens is 398 g/mol. The lowest BCUT2D eigenvalue weighted by molar-refractivity contribution is 0.102. The van der Waals surface area contributed by atoms with E-state index in [0.717, 1.165) is 52.1 Å². The quantitative estimate of drug-likeness (QED) is 0.625. The molecule has 0 radical (unpaired) electrons. The second kappa shape index (κ2) is 11.3. The van der Waals surface area contributed by atoms with Gasteiger partial charge in [-0.2, -0.15) is 0 Å². The van der Waals surface area contributed by atoms with Crippen LogP contribution in [0.1, 0.15) is 37.0 Å². The first-order valence-electron chi connectivity index (χ1n) is 10.8. The number of hydrogen-bond acceptors (Lipinski definition) is 5. The molecule has 1 aromatic heterocycles. The molecule has 1 aliphatic heterocycles. The average molecular weight is 430 g/mol. The van der Waals surface area contributed by atoms with Crippen LogP contribution in [-0.4, -0.2) is 66.0 Å². The average Bonchev–Trinajstić information content (AvgIpc) is 2.76. The standard InChI is InChI=1S/C23H32ClN5O/c1-3-28(4-2)15-16-29-13-10-19(11-14-29)26-22-21(9-6-12-25-22)23(30)27-20-8-5-7-18(24)17-20/h5-9,12,17,19H,3-4,10-11,13-16H2,1-2H3,(H,25,26)(H,27,30). The number of benzene rings is 1. The first-order valence-corrected chi connectivity index (χ1v) is 11.2. The van der Waals surface area contributed by atoms with Gasteiger partial charge in [-0.1, -0.05) is 31.5 Å². The molecule has 0 atom stereocenters. The molecule has 1 aliphatic rings. The van der Waals surface area contributed by atoms with Crippen LogP contribution in [0.5, 0.6) is 0 Å². The van der Waals surface area contributed by atoms with E-state index >= 15 is 0 Å². The minimum Gasteiger partial charge on any atom is -0.367 e. The fourth-order valence-corrected chi connectivity index (χ4v) is 3.98. The molecule has 162 valence electrons. The van der Waals surface area contributed by atoms with Crippen LogP contribution in [0.25, 0.3) is 0 Å². The van der Waals surface area contributed by atoms with E-state index < -0.39 is 0 Å². The highest BCUT2D eigenvalue weighted by molar-refractivity contribution is 6.31. The van der Waals surface area contributed by atoms with Crippen molar-refractivity contribution in [2.45, 2.75) is 32.7 Å². The van der Waals surface area contributed by atoms with Gasteiger partial charge >= 0.3 is 0 Å². The summed E-state index contributed by atoms with van der Waals surface area (Å²) in [6.07, 6.45) is 3.81. The van der Waals surface area contributed by atoms with E-state index in [0.29, 0.717) is 28.1 Å². The Hall–Kier alpha value is -2.15. The summed E-state index contributed by atoms with van der Waals surface area (Å²) in [5, 5.41) is 6.99. The summed E-state index contributed by atoms with van der Waals surface area (Å²) in [6.45, 7) is 11.0. The molecule has 30 heavy (non-hydrogen) atoms. The number of carbonyl (C=O) groups excluding carboxylic acids is 1. The molecule has 0 unspecified atom stereocenters. The maximum atomic E-state index is 12.8. The van der Waals surface area contributed by atoms with Crippen LogP contribution in [0.15, 0.2) is 42.6 Å². The van der Waals surface area contributed by atoms with Crippen molar-refractivity contribution in [2.24, 2.45) is 0 Å². The Kier molecular flexibility index (Phi) is 8.49. The summed E-state index contributed by atoms with van der Waals surface area (Å²) >= 11 is 6.02. The lowest BCUT2D eigenvalue weighted by Gasteiger charge is -2.34. The topological polar surface area (TPSA) is 60.5 Å². The first-order chi connectivity index (χ1) is 14.6. The van der Waals surface area contributed by atoms with Gasteiger partial charge in [-0.05, 0) is 56.3 Å². The number of nitrogens with zero attached hydrogens (tertiary/aromatic N) is 3. The number of piperidine rings is 1. The van der Waals surface area contributed by atoms with Crippen LogP contribution in [0, 0.1) is 0 Å². The highest BCUT2D eigenvalue weighted by Crippen LogP contribution is 2.21. The largest absolute Gasteiger partial charge is 0.367 e. The lowest BCUT2D eigenvalue weighted by atomic mass is 10.0. The van der Waals surface area contributed by atoms with Crippen LogP contribution < -0.4 is 10.6 Å². The molecule has 0 saturated carbocycles. The van der Waals surface area contributed by atoms with Gasteiger partial charge in [0.1, 0.15) is 5.82 Å². The van der Waals surface area contributed by atoms with Crippen molar-refractivity contribution < 1.29 is 4.79 Å². The zero-order chi connectivity index (χ0) is 21.3. The van der Waals surface area contributed by atoms with E-state index in [1.54, 1.807) is 30.5 Å². The number of rotatable bonds is 9. The van der Waals surface area contributed by atoms with E-state index in [-0.39, 0.29) is 5.91 Å². The summed E-state index contributed by atoms with van der Waals surface area (Å²) < 4.78 is 0. The van der Waals surface area contributed by atoms with Gasteiger partial charge in [0.2, 0.25) is 0 Å². The van der Waals surface area contributed by atoms with E-state index in [2.05, 4.69) is 39.3 Å². The molecular formula is C23H32ClN5O. The van der Waals surface area contributed by atoms with Crippen LogP contribution in [0.4, 0.5) is 11.5 Å². The molecule has 1 amide bonds. The fourth-order valence-electron chi connectivity index (χ4n) is 3.79. The van der Waals surface area contributed by atoms with Crippen LogP contribution in [0.3, 0.4) is 0 Å². The van der Waals surface area contributed by atoms with Crippen molar-refractivity contribution in [3.05, 3.63) is 53.2 Å². The monoisotopic (exact) mass is 429 g/mol. The highest BCUT2D eigenvalue weighted by atomic mass is 35.5. The number of anilines is 2. The molecule has 0 bridgehead atoms. The van der Waals surface area contributed by atoms with E-state index in [4.69, 9.17) is 11.6 Å². The second-order valence-electron chi connectivity index (χ2n) is 7.65. The van der Waals surface area contributed by atoms with E-state index in [1.807, 2.05) is 12.1 Å². The number of carbonyl (C=O) groups is 1. The van der Waals surface area contributed by atoms with Gasteiger partial charge in [-0.15, -0.1) is 0 Å². The predicted molar refractivity (Wildman–Crippen MR) is 125 cm³/mol. The third-order valence-electron chi connectivity index (χ3n) is 5.69. The van der Waals surface area contributed by atoms with Crippen LogP contribution in [0.2, 0.25) is 5.02 Å². The minimum absolute atomic E-state index is 0.190. The second-order valence-corrected chi connectivity index (χ2v) is 8.09. The molecule has 1 saturated heterocycles. The number of amides is 1. The third kappa shape index (κ3) is 6.42. The van der Waals surface area contributed by atoms with Crippen LogP contribution >= 0.6 is 11.6 Å². The fraction of sp³-hybridized carbons (Fsp3) is 0.478. The maximum Gasteiger partial charge on any atom is 0.259 e. The molecule has 0 spiro atoms. The molecule has 6 nitrogen and oxygen atoms in total. The Morgan fingerprint density at radius 3 is 2.67 bits per heavy atom. The van der Waals surface area contributed by atoms with Gasteiger partial charge in [0.05, 0.1) is 5.56 Å². The summed E-state index contributed by atoms with van der Waals surface area (Å²) in [4.78, 5) is 22.2. The van der Waals surface area contributed by atoms with Gasteiger partial charge < -0.3 is 20.4 Å². The van der Waals surface area contributed by atoms with Crippen molar-refractivity contribution in [3.63, 3.8) is 0 Å². The van der Waals surface area contributed by atoms with Gasteiger partial charge in [-0.3, -0.25) is 4.79 Å². The van der Waals surface area contributed by atoms with Crippen molar-refractivity contribution in [3.8, 4) is 0 Å². The normalized spacial score (nSPS) is 15.3. The Labute approximate surface area is 184 Å². The predicted octanol–water partition coefficient (Wildman–Crippen LogP) is 4.21. The van der Waals surface area contributed by atoms with Crippen molar-refractivity contribution >= 4 is 29.0 Å². The number of aromatic nitrogens is 1. The maximum absolute atomic E-state index is 12.8. The minimum atomic E-state index is -0.190. The van der Waals surface area contributed by atoms with Gasteiger partial charge in [0, 0.05) is 49.1 Å². The number of likely N-dealkylation sites (tertiary alicyclic amines) is 1. The smallest absolute Gasteiger partial charge is 0.259 e. The summed E-state index contributed by atoms with van der Waals surface area (Å²) in [7, 11) is 0. The molecule has 1 aromatic carbocycles. The molecule has 2 N–H and O–H groups in total. The van der Waals surface area contributed by atoms with Crippen molar-refractivity contribution in [1.29, 1.82) is 0 Å². The Morgan fingerprint density at radius 2 is 1.97 bits per heavy atom. The Balaban J connectivity index is 1.55. The zero-order valence-electron chi connectivity index (χ0n) is 17.9. The number of pyridine rings is 1. The van der Waals surface area contributed by atoms with Gasteiger partial charge in [-0.25, -0.2) is 4.98 Å². The number of halogens is 1. The number of hydrogen-bond donors (Lipinski definition) is 2. The first kappa shape index (κ1) is 22.5. The van der Waals surface area contributed by atoms with E-state index in [9.17, 15) is 4.79 Å². The number of likely N-dealkylation sites (N-methyl/N-ethyl adjacent to an activating group) is 1. The SMILES string of the molecule is CCN(CC)CCN1CCC(Nc2ncccc2C(=O)Nc2cccc(Cl)c2)CC1. The third-order valence-corrected chi connectivity index (χ3v) is 5.93. The van der Waals surface area contributed by atoms with Crippen LogP contribution in [-0.2, 0) is 0 Å².